The Morgan fingerprint density at radius 3 is 0.882 bits per heavy atom. The summed E-state index contributed by atoms with van der Waals surface area (Å²) in [5, 5.41) is 10.8. The minimum atomic E-state index is 1.34. The first kappa shape index (κ1) is 19.1. The quantitative estimate of drug-likeness (QED) is 0.210. The Morgan fingerprint density at radius 1 is 0.235 bits per heavy atom. The van der Waals surface area contributed by atoms with Crippen molar-refractivity contribution in [2.45, 2.75) is 0 Å². The largest absolute Gasteiger partial charge is 0.0616 e. The van der Waals surface area contributed by atoms with Crippen LogP contribution in [-0.4, -0.2) is 0 Å². The van der Waals surface area contributed by atoms with Gasteiger partial charge in [0.1, 0.15) is 0 Å². The molecule has 0 spiro atoms. The SMILES string of the molecule is c1ccc2c(c1)-c1cccc3cccc-2c13.c1ccc2c(c1)c1ccccc1c1ccccc21. The highest BCUT2D eigenvalue weighted by atomic mass is 14.2. The molecular weight excluding hydrogens is 408 g/mol. The van der Waals surface area contributed by atoms with E-state index in [9.17, 15) is 0 Å². The molecule has 0 amide bonds. The van der Waals surface area contributed by atoms with E-state index in [4.69, 9.17) is 0 Å². The summed E-state index contributed by atoms with van der Waals surface area (Å²) in [7, 11) is 0. The van der Waals surface area contributed by atoms with Crippen molar-refractivity contribution in [1.82, 2.24) is 0 Å². The predicted octanol–water partition coefficient (Wildman–Crippen LogP) is 9.63. The van der Waals surface area contributed by atoms with E-state index >= 15 is 0 Å². The second kappa shape index (κ2) is 7.57. The van der Waals surface area contributed by atoms with Gasteiger partial charge in [-0.2, -0.15) is 0 Å². The van der Waals surface area contributed by atoms with Crippen molar-refractivity contribution in [2.75, 3.05) is 0 Å². The van der Waals surface area contributed by atoms with Gasteiger partial charge in [-0.1, -0.05) is 133 Å². The first-order valence-electron chi connectivity index (χ1n) is 11.8. The van der Waals surface area contributed by atoms with Gasteiger partial charge in [-0.3, -0.25) is 0 Å². The molecule has 0 heteroatoms. The minimum Gasteiger partial charge on any atom is -0.0616 e. The highest BCUT2D eigenvalue weighted by Crippen LogP contribution is 2.46. The van der Waals surface area contributed by atoms with Gasteiger partial charge in [-0.15, -0.1) is 0 Å². The second-order valence-corrected chi connectivity index (χ2v) is 8.89. The topological polar surface area (TPSA) is 0 Å². The van der Waals surface area contributed by atoms with Gasteiger partial charge in [0.15, 0.2) is 0 Å². The van der Waals surface area contributed by atoms with Gasteiger partial charge in [0.2, 0.25) is 0 Å². The molecule has 8 rings (SSSR count). The molecule has 0 nitrogen and oxygen atoms in total. The third kappa shape index (κ3) is 2.79. The van der Waals surface area contributed by atoms with Crippen molar-refractivity contribution in [1.29, 1.82) is 0 Å². The highest BCUT2D eigenvalue weighted by molar-refractivity contribution is 6.25. The molecule has 1 aliphatic carbocycles. The van der Waals surface area contributed by atoms with E-state index in [0.29, 0.717) is 0 Å². The summed E-state index contributed by atoms with van der Waals surface area (Å²) in [5.41, 5.74) is 5.50. The summed E-state index contributed by atoms with van der Waals surface area (Å²) in [6.45, 7) is 0. The van der Waals surface area contributed by atoms with E-state index in [2.05, 4.69) is 133 Å². The fourth-order valence-electron chi connectivity index (χ4n) is 5.60. The summed E-state index contributed by atoms with van der Waals surface area (Å²) in [6, 6.07) is 47.7. The Kier molecular flexibility index (Phi) is 4.25. The third-order valence-electron chi connectivity index (χ3n) is 7.06. The van der Waals surface area contributed by atoms with Crippen LogP contribution >= 0.6 is 0 Å². The van der Waals surface area contributed by atoms with E-state index < -0.39 is 0 Å². The second-order valence-electron chi connectivity index (χ2n) is 8.89. The normalized spacial score (nSPS) is 11.5. The van der Waals surface area contributed by atoms with Gasteiger partial charge >= 0.3 is 0 Å². The molecule has 158 valence electrons. The van der Waals surface area contributed by atoms with E-state index in [1.54, 1.807) is 0 Å². The molecule has 0 atom stereocenters. The first-order chi connectivity index (χ1) is 16.9. The van der Waals surface area contributed by atoms with E-state index in [0.717, 1.165) is 0 Å². The van der Waals surface area contributed by atoms with Crippen molar-refractivity contribution < 1.29 is 0 Å². The first-order valence-corrected chi connectivity index (χ1v) is 11.8. The van der Waals surface area contributed by atoms with Crippen LogP contribution in [0, 0.1) is 0 Å². The van der Waals surface area contributed by atoms with Crippen LogP contribution in [0.4, 0.5) is 0 Å². The van der Waals surface area contributed by atoms with Crippen LogP contribution in [0.25, 0.3) is 65.3 Å². The number of hydrogen-bond acceptors (Lipinski definition) is 0. The summed E-state index contributed by atoms with van der Waals surface area (Å²) < 4.78 is 0. The van der Waals surface area contributed by atoms with Crippen LogP contribution in [0.15, 0.2) is 133 Å². The number of fused-ring (bicyclic) bond motifs is 9. The van der Waals surface area contributed by atoms with Crippen LogP contribution in [0.2, 0.25) is 0 Å². The molecule has 0 aliphatic heterocycles. The van der Waals surface area contributed by atoms with Gasteiger partial charge in [0.25, 0.3) is 0 Å². The van der Waals surface area contributed by atoms with E-state index in [-0.39, 0.29) is 0 Å². The van der Waals surface area contributed by atoms with Crippen LogP contribution < -0.4 is 0 Å². The lowest BCUT2D eigenvalue weighted by molar-refractivity contribution is 1.70. The zero-order valence-corrected chi connectivity index (χ0v) is 18.7. The zero-order chi connectivity index (χ0) is 22.5. The molecule has 0 unspecified atom stereocenters. The Hall–Kier alpha value is -4.42. The average molecular weight is 431 g/mol. The molecule has 0 radical (unpaired) electrons. The average Bonchev–Trinajstić information content (AvgIpc) is 3.25. The van der Waals surface area contributed by atoms with Gasteiger partial charge in [-0.25, -0.2) is 0 Å². The lowest BCUT2D eigenvalue weighted by atomic mass is 9.95. The molecule has 0 bridgehead atoms. The van der Waals surface area contributed by atoms with Crippen molar-refractivity contribution in [3.8, 4) is 22.3 Å². The molecule has 0 heterocycles. The predicted molar refractivity (Wildman–Crippen MR) is 147 cm³/mol. The molecule has 34 heavy (non-hydrogen) atoms. The maximum absolute atomic E-state index is 2.22. The number of hydrogen-bond donors (Lipinski definition) is 0. The Labute approximate surface area is 198 Å². The van der Waals surface area contributed by atoms with Crippen LogP contribution in [0.5, 0.6) is 0 Å². The fourth-order valence-corrected chi connectivity index (χ4v) is 5.60. The molecule has 7 aromatic rings. The molecule has 0 saturated carbocycles. The van der Waals surface area contributed by atoms with E-state index in [1.165, 1.54) is 65.3 Å². The monoisotopic (exact) mass is 430 g/mol. The lowest BCUT2D eigenvalue weighted by Crippen LogP contribution is -1.81. The van der Waals surface area contributed by atoms with Crippen LogP contribution in [-0.2, 0) is 0 Å². The Balaban J connectivity index is 0.000000118. The van der Waals surface area contributed by atoms with Crippen molar-refractivity contribution >= 4 is 43.1 Å². The van der Waals surface area contributed by atoms with Crippen LogP contribution in [0.1, 0.15) is 0 Å². The molecule has 0 fully saturated rings. The zero-order valence-electron chi connectivity index (χ0n) is 18.7. The fraction of sp³-hybridized carbons (Fsp3) is 0. The van der Waals surface area contributed by atoms with Gasteiger partial charge < -0.3 is 0 Å². The standard InChI is InChI=1S/C18H12.C16H10/c1-2-8-14-13(7-1)15-9-3-4-11-17(15)18-12-6-5-10-16(14)18;1-2-8-13-12(7-1)14-9-3-5-11-6-4-10-15(13)16(11)14/h1-12H;1-10H. The van der Waals surface area contributed by atoms with Gasteiger partial charge in [0, 0.05) is 0 Å². The molecule has 7 aromatic carbocycles. The maximum atomic E-state index is 2.22. The highest BCUT2D eigenvalue weighted by Gasteiger charge is 2.19. The molecule has 0 aromatic heterocycles. The maximum Gasteiger partial charge on any atom is -0.00264 e. The van der Waals surface area contributed by atoms with Crippen LogP contribution in [0.3, 0.4) is 0 Å². The lowest BCUT2D eigenvalue weighted by Gasteiger charge is -2.09. The molecule has 1 aliphatic rings. The number of rotatable bonds is 0. The van der Waals surface area contributed by atoms with Gasteiger partial charge in [0.05, 0.1) is 0 Å². The number of benzene rings is 7. The summed E-state index contributed by atoms with van der Waals surface area (Å²) in [5.74, 6) is 0. The van der Waals surface area contributed by atoms with Crippen molar-refractivity contribution in [2.24, 2.45) is 0 Å². The summed E-state index contributed by atoms with van der Waals surface area (Å²) >= 11 is 0. The van der Waals surface area contributed by atoms with Crippen molar-refractivity contribution in [3.63, 3.8) is 0 Å². The van der Waals surface area contributed by atoms with E-state index in [1.807, 2.05) is 0 Å². The Morgan fingerprint density at radius 2 is 0.529 bits per heavy atom. The Bertz CT molecular complexity index is 1580. The summed E-state index contributed by atoms with van der Waals surface area (Å²) in [6.07, 6.45) is 0. The smallest absolute Gasteiger partial charge is 0.00264 e. The molecule has 0 saturated heterocycles. The minimum absolute atomic E-state index is 1.34. The third-order valence-corrected chi connectivity index (χ3v) is 7.06. The van der Waals surface area contributed by atoms with Crippen molar-refractivity contribution in [3.05, 3.63) is 133 Å². The molecule has 0 N–H and O–H groups in total. The molecular formula is C34H22. The summed E-state index contributed by atoms with van der Waals surface area (Å²) in [4.78, 5) is 0. The van der Waals surface area contributed by atoms with Gasteiger partial charge in [-0.05, 0) is 65.3 Å².